The van der Waals surface area contributed by atoms with Crippen LogP contribution in [0.3, 0.4) is 0 Å². The number of terminal acetylenes is 1. The quantitative estimate of drug-likeness (QED) is 0.0404. The summed E-state index contributed by atoms with van der Waals surface area (Å²) in [7, 11) is 1.46. The third-order valence-corrected chi connectivity index (χ3v) is 12.3. The molecule has 0 spiro atoms. The largest absolute Gasteiger partial charge is 0.494 e. The van der Waals surface area contributed by atoms with Gasteiger partial charge in [-0.2, -0.15) is 9.94 Å². The highest BCUT2D eigenvalue weighted by Crippen LogP contribution is 2.33. The molecule has 3 aliphatic heterocycles. The lowest BCUT2D eigenvalue weighted by molar-refractivity contribution is -0.126. The smallest absolute Gasteiger partial charge is 0.295 e. The van der Waals surface area contributed by atoms with Gasteiger partial charge in [-0.15, -0.1) is 11.5 Å². The minimum absolute atomic E-state index is 0.00795. The molecule has 19 nitrogen and oxygen atoms in total. The molecule has 3 fully saturated rings. The van der Waals surface area contributed by atoms with E-state index in [2.05, 4.69) is 41.8 Å². The van der Waals surface area contributed by atoms with E-state index in [4.69, 9.17) is 30.1 Å². The number of aromatic nitrogens is 5. The Morgan fingerprint density at radius 2 is 1.59 bits per heavy atom. The summed E-state index contributed by atoms with van der Waals surface area (Å²) in [6.07, 6.45) is 12.0. The second kappa shape index (κ2) is 23.9. The zero-order valence-electron chi connectivity index (χ0n) is 37.4. The maximum absolute atomic E-state index is 13.8. The van der Waals surface area contributed by atoms with Crippen molar-refractivity contribution in [2.75, 3.05) is 119 Å². The second-order valence-corrected chi connectivity index (χ2v) is 16.2. The van der Waals surface area contributed by atoms with E-state index in [0.29, 0.717) is 108 Å². The number of carbonyl (C=O) groups is 3. The Morgan fingerprint density at radius 3 is 2.26 bits per heavy atom. The van der Waals surface area contributed by atoms with Crippen LogP contribution in [0.5, 0.6) is 5.75 Å². The number of aliphatic hydroxyl groups is 1. The zero-order chi connectivity index (χ0) is 46.3. The number of carbonyl (C=O) groups excluding carboxylic acids is 3. The summed E-state index contributed by atoms with van der Waals surface area (Å²) in [5.41, 5.74) is 2.90. The molecule has 19 heteroatoms. The van der Waals surface area contributed by atoms with Gasteiger partial charge in [-0.25, -0.2) is 9.97 Å². The average molecular weight is 907 g/mol. The van der Waals surface area contributed by atoms with Gasteiger partial charge in [0.1, 0.15) is 18.7 Å². The van der Waals surface area contributed by atoms with Gasteiger partial charge in [-0.05, 0) is 36.8 Å². The first-order valence-electron chi connectivity index (χ1n) is 22.4. The van der Waals surface area contributed by atoms with E-state index in [0.717, 1.165) is 43.6 Å². The van der Waals surface area contributed by atoms with Gasteiger partial charge >= 0.3 is 0 Å². The van der Waals surface area contributed by atoms with E-state index < -0.39 is 11.7 Å². The highest BCUT2D eigenvalue weighted by atomic mass is 16.6. The Morgan fingerprint density at radius 1 is 0.894 bits per heavy atom. The number of fused-ring (bicyclic) bond motifs is 1. The summed E-state index contributed by atoms with van der Waals surface area (Å²) < 4.78 is 28.9. The standard InChI is InChI=1S/C47H58N10O9/c1-3-20-63-22-24-65-26-27-66-25-23-64-21-19-53-17-18-56(31-37(53)32-58)36-11-15-55(16-12-36)47(61)44-51-33-57(52-44)45-42-41(40(62-2)30-50-45)39(29-49-42)43(59)46(60)54-13-9-35(10-14-54)38(28-48)34-7-5-4-6-8-34/h1,4-8,29-30,33,36-37,49,58H,9-27,31-32H2,2H3. The lowest BCUT2D eigenvalue weighted by Crippen LogP contribution is -2.59. The van der Waals surface area contributed by atoms with Crippen molar-refractivity contribution in [2.45, 2.75) is 37.8 Å². The topological polar surface area (TPSA) is 214 Å². The van der Waals surface area contributed by atoms with Gasteiger partial charge < -0.3 is 43.6 Å². The molecular weight excluding hydrogens is 849 g/mol. The molecule has 3 saturated heterocycles. The zero-order valence-corrected chi connectivity index (χ0v) is 37.4. The summed E-state index contributed by atoms with van der Waals surface area (Å²) in [5, 5.41) is 25.0. The van der Waals surface area contributed by atoms with Crippen molar-refractivity contribution in [3.63, 3.8) is 0 Å². The number of piperidine rings is 2. The molecule has 7 rings (SSSR count). The van der Waals surface area contributed by atoms with Crippen molar-refractivity contribution in [3.8, 4) is 30.0 Å². The minimum Gasteiger partial charge on any atom is -0.494 e. The molecule has 1 atom stereocenters. The van der Waals surface area contributed by atoms with Crippen LogP contribution in [0.2, 0.25) is 0 Å². The van der Waals surface area contributed by atoms with Gasteiger partial charge in [0.05, 0.1) is 94.3 Å². The van der Waals surface area contributed by atoms with E-state index in [1.165, 1.54) is 35.4 Å². The minimum atomic E-state index is -0.708. The maximum Gasteiger partial charge on any atom is 0.295 e. The molecule has 4 aromatic rings. The van der Waals surface area contributed by atoms with Crippen LogP contribution in [-0.2, 0) is 23.7 Å². The average Bonchev–Trinajstić information content (AvgIpc) is 4.05. The highest BCUT2D eigenvalue weighted by Gasteiger charge is 2.35. The van der Waals surface area contributed by atoms with E-state index in [1.54, 1.807) is 4.90 Å². The SMILES string of the molecule is C#CCOCCOCCOCCOCCN1CCN(C2CCN(C(=O)c3ncn(-c4ncc(OC)c5c(C(=O)C(=O)N6CCC(=C(C#N)c7ccccc7)CC6)c[nH]c45)n3)CC2)CC1CO. The molecule has 0 bridgehead atoms. The van der Waals surface area contributed by atoms with Crippen LogP contribution >= 0.6 is 0 Å². The Labute approximate surface area is 384 Å². The first-order valence-corrected chi connectivity index (χ1v) is 22.4. The predicted octanol–water partition coefficient (Wildman–Crippen LogP) is 2.22. The molecule has 0 aliphatic carbocycles. The fourth-order valence-corrected chi connectivity index (χ4v) is 8.78. The molecule has 2 amide bonds. The number of hydrogen-bond acceptors (Lipinski definition) is 15. The third kappa shape index (κ3) is 11.7. The lowest BCUT2D eigenvalue weighted by atomic mass is 9.93. The number of H-pyrrole nitrogens is 1. The van der Waals surface area contributed by atoms with Gasteiger partial charge in [-0.1, -0.05) is 36.3 Å². The van der Waals surface area contributed by atoms with Gasteiger partial charge in [0.2, 0.25) is 5.82 Å². The number of methoxy groups -OCH3 is 1. The number of hydrogen-bond donors (Lipinski definition) is 2. The number of amides is 2. The lowest BCUT2D eigenvalue weighted by Gasteiger charge is -2.46. The van der Waals surface area contributed by atoms with Crippen molar-refractivity contribution >= 4 is 34.1 Å². The first-order chi connectivity index (χ1) is 32.3. The molecule has 66 heavy (non-hydrogen) atoms. The van der Waals surface area contributed by atoms with Crippen LogP contribution in [0.1, 0.15) is 52.2 Å². The summed E-state index contributed by atoms with van der Waals surface area (Å²) in [4.78, 5) is 61.1. The van der Waals surface area contributed by atoms with E-state index >= 15 is 0 Å². The Hall–Kier alpha value is -6.03. The number of aromatic amines is 1. The van der Waals surface area contributed by atoms with Crippen LogP contribution in [0.15, 0.2) is 54.6 Å². The van der Waals surface area contributed by atoms with Gasteiger partial charge in [0, 0.05) is 70.6 Å². The van der Waals surface area contributed by atoms with Crippen molar-refractivity contribution in [1.29, 1.82) is 5.26 Å². The first kappa shape index (κ1) is 47.9. The van der Waals surface area contributed by atoms with E-state index in [1.807, 2.05) is 30.3 Å². The van der Waals surface area contributed by atoms with Crippen molar-refractivity contribution in [1.82, 2.24) is 44.3 Å². The molecule has 1 unspecified atom stereocenters. The van der Waals surface area contributed by atoms with E-state index in [9.17, 15) is 24.8 Å². The molecule has 3 aliphatic rings. The summed E-state index contributed by atoms with van der Waals surface area (Å²) in [6.45, 7) is 8.50. The van der Waals surface area contributed by atoms with Crippen molar-refractivity contribution < 1.29 is 43.2 Å². The monoisotopic (exact) mass is 906 g/mol. The molecule has 0 radical (unpaired) electrons. The highest BCUT2D eigenvalue weighted by molar-refractivity contribution is 6.45. The van der Waals surface area contributed by atoms with E-state index in [-0.39, 0.29) is 54.2 Å². The molecule has 1 aromatic carbocycles. The van der Waals surface area contributed by atoms with Gasteiger partial charge in [0.15, 0.2) is 5.82 Å². The fraction of sp³-hybridized carbons (Fsp3) is 0.511. The van der Waals surface area contributed by atoms with Crippen molar-refractivity contribution in [3.05, 3.63) is 71.6 Å². The number of piperazine rings is 1. The number of ether oxygens (including phenoxy) is 5. The number of aliphatic hydroxyl groups excluding tert-OH is 1. The predicted molar refractivity (Wildman–Crippen MR) is 242 cm³/mol. The number of likely N-dealkylation sites (tertiary alicyclic amines) is 2. The molecular formula is C47H58N10O9. The van der Waals surface area contributed by atoms with Crippen LogP contribution in [0.25, 0.3) is 22.3 Å². The van der Waals surface area contributed by atoms with Crippen LogP contribution < -0.4 is 4.74 Å². The number of benzene rings is 1. The Balaban J connectivity index is 0.877. The number of ketones is 1. The number of rotatable bonds is 21. The summed E-state index contributed by atoms with van der Waals surface area (Å²) >= 11 is 0. The Bertz CT molecular complexity index is 2370. The van der Waals surface area contributed by atoms with Crippen LogP contribution in [0, 0.1) is 23.7 Å². The number of nitriles is 1. The molecule has 3 aromatic heterocycles. The number of nitrogens with zero attached hydrogens (tertiary/aromatic N) is 9. The third-order valence-electron chi connectivity index (χ3n) is 12.3. The molecule has 6 heterocycles. The molecule has 2 N–H and O–H groups in total. The summed E-state index contributed by atoms with van der Waals surface area (Å²) in [6, 6.07) is 12.0. The summed E-state index contributed by atoms with van der Waals surface area (Å²) in [5.74, 6) is 1.32. The van der Waals surface area contributed by atoms with Crippen LogP contribution in [0.4, 0.5) is 0 Å². The maximum atomic E-state index is 13.8. The van der Waals surface area contributed by atoms with Gasteiger partial charge in [0.25, 0.3) is 17.6 Å². The molecule has 0 saturated carbocycles. The van der Waals surface area contributed by atoms with Crippen LogP contribution in [-0.4, -0.2) is 198 Å². The number of allylic oxidation sites excluding steroid dienone is 1. The fourth-order valence-electron chi connectivity index (χ4n) is 8.78. The Kier molecular flexibility index (Phi) is 17.4. The number of pyridine rings is 1. The number of Topliss-reactive ketones (excluding diaryl/α,β-unsaturated/α-hetero) is 1. The molecule has 350 valence electrons. The normalized spacial score (nSPS) is 17.5. The second-order valence-electron chi connectivity index (χ2n) is 16.2. The van der Waals surface area contributed by atoms with Gasteiger partial charge in [-0.3, -0.25) is 24.2 Å². The van der Waals surface area contributed by atoms with Crippen molar-refractivity contribution in [2.24, 2.45) is 0 Å². The number of nitrogens with one attached hydrogen (secondary N) is 1.